The summed E-state index contributed by atoms with van der Waals surface area (Å²) >= 11 is 5.61. The van der Waals surface area contributed by atoms with Crippen LogP contribution in [-0.4, -0.2) is 23.0 Å². The average Bonchev–Trinajstić information content (AvgIpc) is 2.24. The van der Waals surface area contributed by atoms with Gasteiger partial charge in [0.1, 0.15) is 0 Å². The van der Waals surface area contributed by atoms with Crippen LogP contribution in [0.2, 0.25) is 5.02 Å². The van der Waals surface area contributed by atoms with Gasteiger partial charge in [0, 0.05) is 9.13 Å². The molecule has 1 unspecified atom stereocenters. The summed E-state index contributed by atoms with van der Waals surface area (Å²) in [6, 6.07) is 2.33. The Hall–Kier alpha value is -0.780. The van der Waals surface area contributed by atoms with Crippen LogP contribution in [0, 0.1) is 6.85 Å². The molecule has 2 nitrogen and oxygen atoms in total. The third-order valence-corrected chi connectivity index (χ3v) is 2.46. The maximum atomic E-state index is 12.7. The highest BCUT2D eigenvalue weighted by Crippen LogP contribution is 2.39. The molecule has 1 aromatic rings. The molecule has 0 aliphatic rings. The standard InChI is InChI=1S/C10H10ClF3O2/c1-6-2-3-7(4-8(6)11)9(16,5-15)10(12,13)14/h2-4,15-16H,5H2,1H3/i1D3. The van der Waals surface area contributed by atoms with Crippen molar-refractivity contribution in [1.82, 2.24) is 0 Å². The molecular weight excluding hydrogens is 245 g/mol. The van der Waals surface area contributed by atoms with Crippen LogP contribution in [0.5, 0.6) is 0 Å². The van der Waals surface area contributed by atoms with Crippen molar-refractivity contribution in [2.75, 3.05) is 6.61 Å². The molecule has 0 aromatic heterocycles. The summed E-state index contributed by atoms with van der Waals surface area (Å²) in [5.74, 6) is 0. The summed E-state index contributed by atoms with van der Waals surface area (Å²) in [5.41, 5.74) is -4.54. The second kappa shape index (κ2) is 4.24. The molecule has 0 fully saturated rings. The van der Waals surface area contributed by atoms with E-state index in [1.807, 2.05) is 0 Å². The molecule has 0 spiro atoms. The lowest BCUT2D eigenvalue weighted by Crippen LogP contribution is -2.45. The zero-order valence-corrected chi connectivity index (χ0v) is 8.60. The largest absolute Gasteiger partial charge is 0.423 e. The van der Waals surface area contributed by atoms with E-state index in [4.69, 9.17) is 20.8 Å². The van der Waals surface area contributed by atoms with E-state index in [0.717, 1.165) is 12.1 Å². The van der Waals surface area contributed by atoms with E-state index >= 15 is 0 Å². The minimum absolute atomic E-state index is 0.333. The van der Waals surface area contributed by atoms with Crippen LogP contribution in [0.3, 0.4) is 0 Å². The first-order valence-electron chi connectivity index (χ1n) is 5.64. The normalized spacial score (nSPS) is 19.5. The van der Waals surface area contributed by atoms with Crippen molar-refractivity contribution in [2.24, 2.45) is 0 Å². The number of alkyl halides is 3. The summed E-state index contributed by atoms with van der Waals surface area (Å²) in [5, 5.41) is 17.8. The van der Waals surface area contributed by atoms with Crippen molar-refractivity contribution in [3.8, 4) is 0 Å². The van der Waals surface area contributed by atoms with Gasteiger partial charge in [-0.25, -0.2) is 0 Å². The Morgan fingerprint density at radius 2 is 2.06 bits per heavy atom. The third kappa shape index (κ3) is 2.16. The summed E-state index contributed by atoms with van der Waals surface area (Å²) in [6.07, 6.45) is -5.12. The first kappa shape index (κ1) is 9.27. The van der Waals surface area contributed by atoms with Crippen LogP contribution in [-0.2, 0) is 5.60 Å². The van der Waals surface area contributed by atoms with Crippen LogP contribution in [0.15, 0.2) is 18.2 Å². The van der Waals surface area contributed by atoms with Crippen LogP contribution in [0.25, 0.3) is 0 Å². The maximum absolute atomic E-state index is 12.7. The number of halogens is 4. The Bertz CT molecular complexity index is 476. The first-order valence-corrected chi connectivity index (χ1v) is 4.52. The SMILES string of the molecule is [2H]C([2H])([2H])c1ccc(C(O)(CO)C(F)(F)F)cc1Cl. The summed E-state index contributed by atoms with van der Waals surface area (Å²) in [4.78, 5) is 0. The molecule has 16 heavy (non-hydrogen) atoms. The van der Waals surface area contributed by atoms with Gasteiger partial charge in [0.05, 0.1) is 6.61 Å². The zero-order valence-electron chi connectivity index (χ0n) is 10.8. The van der Waals surface area contributed by atoms with Crippen molar-refractivity contribution >= 4 is 11.6 Å². The number of aryl methyl sites for hydroxylation is 1. The Balaban J connectivity index is 3.35. The smallest absolute Gasteiger partial charge is 0.393 e. The quantitative estimate of drug-likeness (QED) is 0.854. The van der Waals surface area contributed by atoms with Gasteiger partial charge >= 0.3 is 6.18 Å². The molecule has 90 valence electrons. The van der Waals surface area contributed by atoms with Crippen molar-refractivity contribution in [2.45, 2.75) is 18.6 Å². The topological polar surface area (TPSA) is 40.5 Å². The lowest BCUT2D eigenvalue weighted by atomic mass is 9.93. The highest BCUT2D eigenvalue weighted by molar-refractivity contribution is 6.31. The molecule has 0 amide bonds. The van der Waals surface area contributed by atoms with E-state index in [0.29, 0.717) is 6.07 Å². The van der Waals surface area contributed by atoms with E-state index in [1.54, 1.807) is 0 Å². The highest BCUT2D eigenvalue weighted by atomic mass is 35.5. The van der Waals surface area contributed by atoms with Gasteiger partial charge in [-0.1, -0.05) is 23.7 Å². The van der Waals surface area contributed by atoms with Crippen molar-refractivity contribution in [3.05, 3.63) is 34.3 Å². The van der Waals surface area contributed by atoms with Crippen LogP contribution in [0.4, 0.5) is 13.2 Å². The molecule has 2 N–H and O–H groups in total. The molecule has 0 saturated heterocycles. The number of rotatable bonds is 2. The molecule has 1 rings (SSSR count). The molecule has 1 atom stereocenters. The molecule has 0 aliphatic carbocycles. The molecule has 6 heteroatoms. The van der Waals surface area contributed by atoms with Crippen LogP contribution < -0.4 is 0 Å². The minimum atomic E-state index is -5.12. The lowest BCUT2D eigenvalue weighted by Gasteiger charge is -2.29. The Morgan fingerprint density at radius 1 is 1.44 bits per heavy atom. The Kier molecular flexibility index (Phi) is 2.45. The van der Waals surface area contributed by atoms with Gasteiger partial charge in [0.2, 0.25) is 5.60 Å². The maximum Gasteiger partial charge on any atom is 0.423 e. The molecule has 0 heterocycles. The van der Waals surface area contributed by atoms with Gasteiger partial charge in [-0.3, -0.25) is 0 Å². The van der Waals surface area contributed by atoms with Gasteiger partial charge in [-0.15, -0.1) is 0 Å². The van der Waals surface area contributed by atoms with Gasteiger partial charge in [0.15, 0.2) is 0 Å². The van der Waals surface area contributed by atoms with Gasteiger partial charge in [0.25, 0.3) is 0 Å². The van der Waals surface area contributed by atoms with Gasteiger partial charge < -0.3 is 10.2 Å². The number of aliphatic hydroxyl groups excluding tert-OH is 1. The fourth-order valence-electron chi connectivity index (χ4n) is 1.12. The monoisotopic (exact) mass is 257 g/mol. The molecule has 0 bridgehead atoms. The summed E-state index contributed by atoms with van der Waals surface area (Å²) < 4.78 is 59.4. The predicted octanol–water partition coefficient (Wildman–Crippen LogP) is 2.39. The van der Waals surface area contributed by atoms with E-state index in [2.05, 4.69) is 0 Å². The summed E-state index contributed by atoms with van der Waals surface area (Å²) in [7, 11) is 0. The van der Waals surface area contributed by atoms with Gasteiger partial charge in [-0.2, -0.15) is 13.2 Å². The molecule has 0 aliphatic heterocycles. The van der Waals surface area contributed by atoms with E-state index in [-0.39, 0.29) is 5.56 Å². The van der Waals surface area contributed by atoms with Crippen molar-refractivity contribution in [1.29, 1.82) is 0 Å². The number of benzene rings is 1. The molecular formula is C10H10ClF3O2. The highest BCUT2D eigenvalue weighted by Gasteiger charge is 2.54. The fraction of sp³-hybridized carbons (Fsp3) is 0.400. The first-order chi connectivity index (χ1) is 8.43. The lowest BCUT2D eigenvalue weighted by molar-refractivity contribution is -0.277. The molecule has 1 aromatic carbocycles. The number of hydrogen-bond donors (Lipinski definition) is 2. The van der Waals surface area contributed by atoms with Gasteiger partial charge in [-0.05, 0) is 24.0 Å². The molecule has 0 saturated carbocycles. The average molecular weight is 258 g/mol. The van der Waals surface area contributed by atoms with Crippen molar-refractivity contribution in [3.63, 3.8) is 0 Å². The van der Waals surface area contributed by atoms with Crippen LogP contribution in [0.1, 0.15) is 15.2 Å². The second-order valence-corrected chi connectivity index (χ2v) is 3.62. The zero-order chi connectivity index (χ0) is 15.1. The van der Waals surface area contributed by atoms with E-state index < -0.39 is 35.8 Å². The van der Waals surface area contributed by atoms with Crippen molar-refractivity contribution < 1.29 is 27.5 Å². The fourth-order valence-corrected chi connectivity index (χ4v) is 1.30. The second-order valence-electron chi connectivity index (χ2n) is 3.21. The third-order valence-electron chi connectivity index (χ3n) is 2.14. The van der Waals surface area contributed by atoms with E-state index in [9.17, 15) is 18.3 Å². The Labute approximate surface area is 99.5 Å². The predicted molar refractivity (Wildman–Crippen MR) is 53.2 cm³/mol. The summed E-state index contributed by atoms with van der Waals surface area (Å²) in [6.45, 7) is -4.18. The minimum Gasteiger partial charge on any atom is -0.393 e. The molecule has 0 radical (unpaired) electrons. The number of hydrogen-bond acceptors (Lipinski definition) is 2. The Morgan fingerprint density at radius 3 is 2.44 bits per heavy atom. The number of aliphatic hydroxyl groups is 2. The van der Waals surface area contributed by atoms with E-state index in [1.165, 1.54) is 0 Å². The van der Waals surface area contributed by atoms with Crippen LogP contribution >= 0.6 is 11.6 Å².